The number of benzene rings is 1. The number of anilines is 1. The minimum atomic E-state index is -3.73. The van der Waals surface area contributed by atoms with E-state index in [1.54, 1.807) is 38.4 Å². The highest BCUT2D eigenvalue weighted by Gasteiger charge is 2.37. The van der Waals surface area contributed by atoms with Crippen LogP contribution in [0.5, 0.6) is 5.75 Å². The topological polar surface area (TPSA) is 128 Å². The van der Waals surface area contributed by atoms with E-state index in [0.717, 1.165) is 25.2 Å². The zero-order chi connectivity index (χ0) is 26.8. The van der Waals surface area contributed by atoms with Crippen molar-refractivity contribution in [3.8, 4) is 5.75 Å². The van der Waals surface area contributed by atoms with Crippen LogP contribution in [0.15, 0.2) is 46.1 Å². The van der Waals surface area contributed by atoms with Crippen LogP contribution in [-0.4, -0.2) is 55.7 Å². The number of carbonyl (C=O) groups excluding carboxylic acids is 1. The van der Waals surface area contributed by atoms with Gasteiger partial charge in [0.15, 0.2) is 15.7 Å². The van der Waals surface area contributed by atoms with Gasteiger partial charge in [-0.05, 0) is 55.7 Å². The Kier molecular flexibility index (Phi) is 7.54. The Hall–Kier alpha value is -3.47. The second-order valence-electron chi connectivity index (χ2n) is 10.2. The molecule has 0 spiro atoms. The molecule has 0 aliphatic carbocycles. The number of aryl methyl sites for hydroxylation is 2. The van der Waals surface area contributed by atoms with Gasteiger partial charge in [-0.2, -0.15) is 4.98 Å². The van der Waals surface area contributed by atoms with E-state index in [2.05, 4.69) is 39.2 Å². The lowest BCUT2D eigenvalue weighted by Crippen LogP contribution is -2.56. The highest BCUT2D eigenvalue weighted by atomic mass is 32.2. The van der Waals surface area contributed by atoms with Crippen molar-refractivity contribution in [1.29, 1.82) is 0 Å². The fourth-order valence-corrected chi connectivity index (χ4v) is 6.66. The summed E-state index contributed by atoms with van der Waals surface area (Å²) in [4.78, 5) is 23.6. The number of nitrogens with zero attached hydrogens (tertiary/aromatic N) is 4. The van der Waals surface area contributed by atoms with Crippen molar-refractivity contribution in [2.75, 3.05) is 25.1 Å². The number of pyridine rings is 1. The van der Waals surface area contributed by atoms with Gasteiger partial charge in [0.2, 0.25) is 11.8 Å². The normalized spacial score (nSPS) is 17.4. The molecule has 1 aromatic carbocycles. The first-order valence-electron chi connectivity index (χ1n) is 12.1. The van der Waals surface area contributed by atoms with Crippen molar-refractivity contribution in [1.82, 2.24) is 20.4 Å². The Balaban J connectivity index is 1.37. The average molecular weight is 528 g/mol. The minimum Gasteiger partial charge on any atom is -0.497 e. The summed E-state index contributed by atoms with van der Waals surface area (Å²) in [6, 6.07) is 7.30. The summed E-state index contributed by atoms with van der Waals surface area (Å²) in [7, 11) is -2.20. The predicted molar refractivity (Wildman–Crippen MR) is 138 cm³/mol. The summed E-state index contributed by atoms with van der Waals surface area (Å²) in [5.41, 5.74) is 2.11. The molecule has 1 unspecified atom stereocenters. The molecule has 37 heavy (non-hydrogen) atoms. The van der Waals surface area contributed by atoms with Crippen molar-refractivity contribution >= 4 is 21.4 Å². The van der Waals surface area contributed by atoms with Crippen LogP contribution in [0.2, 0.25) is 0 Å². The lowest BCUT2D eigenvalue weighted by Gasteiger charge is -2.45. The number of aromatic nitrogens is 3. The number of methoxy groups -OCH3 is 1. The van der Waals surface area contributed by atoms with Crippen LogP contribution in [0, 0.1) is 19.3 Å². The van der Waals surface area contributed by atoms with E-state index >= 15 is 0 Å². The number of hydrogen-bond acceptors (Lipinski definition) is 9. The molecule has 1 fully saturated rings. The van der Waals surface area contributed by atoms with Crippen LogP contribution >= 0.6 is 0 Å². The molecule has 4 rings (SSSR count). The van der Waals surface area contributed by atoms with E-state index in [-0.39, 0.29) is 40.4 Å². The molecule has 1 amide bonds. The lowest BCUT2D eigenvalue weighted by molar-refractivity contribution is -0.122. The Bertz CT molecular complexity index is 1350. The van der Waals surface area contributed by atoms with Gasteiger partial charge in [-0.15, -0.1) is 0 Å². The van der Waals surface area contributed by atoms with Crippen molar-refractivity contribution in [2.45, 2.75) is 57.2 Å². The number of amides is 1. The molecule has 1 saturated heterocycles. The van der Waals surface area contributed by atoms with E-state index in [1.807, 2.05) is 12.1 Å². The number of sulfone groups is 1. The monoisotopic (exact) mass is 527 g/mol. The average Bonchev–Trinajstić information content (AvgIpc) is 3.25. The zero-order valence-electron chi connectivity index (χ0n) is 21.8. The molecule has 11 heteroatoms. The van der Waals surface area contributed by atoms with Gasteiger partial charge >= 0.3 is 0 Å². The molecule has 0 radical (unpaired) electrons. The highest BCUT2D eigenvalue weighted by Crippen LogP contribution is 2.32. The number of carbonyl (C=O) groups is 1. The Morgan fingerprint density at radius 2 is 1.89 bits per heavy atom. The van der Waals surface area contributed by atoms with Crippen LogP contribution in [0.3, 0.4) is 0 Å². The molecular formula is C26H33N5O5S. The van der Waals surface area contributed by atoms with Crippen LogP contribution < -0.4 is 15.0 Å². The Labute approximate surface area is 217 Å². The van der Waals surface area contributed by atoms with Gasteiger partial charge < -0.3 is 19.5 Å². The van der Waals surface area contributed by atoms with Gasteiger partial charge in [0.25, 0.3) is 0 Å². The van der Waals surface area contributed by atoms with E-state index in [0.29, 0.717) is 16.9 Å². The van der Waals surface area contributed by atoms with Gasteiger partial charge in [-0.1, -0.05) is 19.0 Å². The molecular weight excluding hydrogens is 494 g/mol. The van der Waals surface area contributed by atoms with E-state index in [9.17, 15) is 13.2 Å². The minimum absolute atomic E-state index is 0.0170. The summed E-state index contributed by atoms with van der Waals surface area (Å²) in [6.07, 6.45) is 4.22. The molecule has 0 saturated carbocycles. The summed E-state index contributed by atoms with van der Waals surface area (Å²) in [5, 5.41) is 6.91. The summed E-state index contributed by atoms with van der Waals surface area (Å²) in [6.45, 7) is 9.29. The molecule has 1 N–H and O–H groups in total. The third kappa shape index (κ3) is 6.10. The molecule has 10 nitrogen and oxygen atoms in total. The van der Waals surface area contributed by atoms with Crippen LogP contribution in [0.4, 0.5) is 5.69 Å². The zero-order valence-corrected chi connectivity index (χ0v) is 22.6. The first kappa shape index (κ1) is 26.6. The lowest BCUT2D eigenvalue weighted by atomic mass is 9.79. The first-order chi connectivity index (χ1) is 17.5. The maximum absolute atomic E-state index is 13.1. The standard InChI is InChI=1S/C26H33N5O5S/c1-17-12-20(35-5)13-18(2)25(17)37(33,34)15-22-29-24(36-30-22)14-23(32)28-21-8-11-31(16-26(21,3)4)19-6-9-27-10-7-19/h6-7,9-10,12-13,21H,8,11,14-16H2,1-5H3,(H,28,32). The molecule has 1 aliphatic heterocycles. The van der Waals surface area contributed by atoms with Crippen LogP contribution in [-0.2, 0) is 26.8 Å². The predicted octanol–water partition coefficient (Wildman–Crippen LogP) is 3.03. The first-order valence-corrected chi connectivity index (χ1v) is 13.8. The number of hydrogen-bond donors (Lipinski definition) is 1. The smallest absolute Gasteiger partial charge is 0.236 e. The quantitative estimate of drug-likeness (QED) is 0.470. The Morgan fingerprint density at radius 3 is 2.51 bits per heavy atom. The van der Waals surface area contributed by atoms with Gasteiger partial charge in [0.1, 0.15) is 17.9 Å². The number of rotatable bonds is 8. The second-order valence-corrected chi connectivity index (χ2v) is 12.1. The Morgan fingerprint density at radius 1 is 1.22 bits per heavy atom. The van der Waals surface area contributed by atoms with Gasteiger partial charge in [0, 0.05) is 42.6 Å². The summed E-state index contributed by atoms with van der Waals surface area (Å²) in [5.74, 6) is 0.0248. The van der Waals surface area contributed by atoms with Gasteiger partial charge in [0.05, 0.1) is 12.0 Å². The second kappa shape index (κ2) is 10.5. The maximum atomic E-state index is 13.1. The van der Waals surface area contributed by atoms with Crippen LogP contribution in [0.25, 0.3) is 0 Å². The van der Waals surface area contributed by atoms with Crippen molar-refractivity contribution in [3.05, 3.63) is 59.5 Å². The molecule has 198 valence electrons. The molecule has 1 aliphatic rings. The highest BCUT2D eigenvalue weighted by molar-refractivity contribution is 7.90. The van der Waals surface area contributed by atoms with Gasteiger partial charge in [-0.3, -0.25) is 9.78 Å². The van der Waals surface area contributed by atoms with Crippen molar-refractivity contribution in [2.24, 2.45) is 5.41 Å². The summed E-state index contributed by atoms with van der Waals surface area (Å²) < 4.78 is 36.6. The molecule has 3 aromatic rings. The molecule has 2 aromatic heterocycles. The SMILES string of the molecule is COc1cc(C)c(S(=O)(=O)Cc2noc(CC(=O)NC3CCN(c4ccncc4)CC3(C)C)n2)c(C)c1. The third-order valence-corrected chi connectivity index (χ3v) is 8.62. The molecule has 1 atom stereocenters. The summed E-state index contributed by atoms with van der Waals surface area (Å²) >= 11 is 0. The van der Waals surface area contributed by atoms with Gasteiger partial charge in [-0.25, -0.2) is 8.42 Å². The van der Waals surface area contributed by atoms with Crippen molar-refractivity contribution < 1.29 is 22.5 Å². The van der Waals surface area contributed by atoms with E-state index < -0.39 is 15.6 Å². The fraction of sp³-hybridized carbons (Fsp3) is 0.462. The molecule has 3 heterocycles. The fourth-order valence-electron chi connectivity index (χ4n) is 4.96. The largest absolute Gasteiger partial charge is 0.497 e. The van der Waals surface area contributed by atoms with E-state index in [1.165, 1.54) is 7.11 Å². The number of piperidine rings is 1. The number of ether oxygens (including phenoxy) is 1. The van der Waals surface area contributed by atoms with E-state index in [4.69, 9.17) is 9.26 Å². The maximum Gasteiger partial charge on any atom is 0.236 e. The van der Waals surface area contributed by atoms with Crippen molar-refractivity contribution in [3.63, 3.8) is 0 Å². The number of nitrogens with one attached hydrogen (secondary N) is 1. The van der Waals surface area contributed by atoms with Crippen LogP contribution in [0.1, 0.15) is 43.1 Å². The molecule has 0 bridgehead atoms. The third-order valence-electron chi connectivity index (χ3n) is 6.71.